The molecule has 4 rings (SSSR count). The summed E-state index contributed by atoms with van der Waals surface area (Å²) in [6.07, 6.45) is 1.08. The molecular weight excluding hydrogens is 486 g/mol. The minimum atomic E-state index is -4.05. The van der Waals surface area contributed by atoms with Gasteiger partial charge in [-0.2, -0.15) is 4.31 Å². The van der Waals surface area contributed by atoms with Crippen LogP contribution in [-0.4, -0.2) is 62.1 Å². The molecule has 0 saturated carbocycles. The standard InChI is InChI=1S/C25H33N3O7S/c1-5-28-16(3)22(25(30)33-6-2)23(17(28)4)36(31,32)27-11-7-8-18(15-27)24(29)26-19-9-10-20-21(14-19)35-13-12-34-20/h9-10,14,18H,5-8,11-13,15H2,1-4H3,(H,26,29)/t18-/m0/s1. The van der Waals surface area contributed by atoms with Crippen LogP contribution in [-0.2, 0) is 26.1 Å². The van der Waals surface area contributed by atoms with E-state index in [1.165, 1.54) is 4.31 Å². The molecule has 0 radical (unpaired) electrons. The molecule has 10 nitrogen and oxygen atoms in total. The molecule has 1 aromatic heterocycles. The zero-order valence-corrected chi connectivity index (χ0v) is 21.9. The summed E-state index contributed by atoms with van der Waals surface area (Å²) in [6, 6.07) is 5.17. The van der Waals surface area contributed by atoms with Crippen molar-refractivity contribution in [2.45, 2.75) is 52.0 Å². The second-order valence-electron chi connectivity index (χ2n) is 8.89. The van der Waals surface area contributed by atoms with E-state index in [9.17, 15) is 18.0 Å². The van der Waals surface area contributed by atoms with Gasteiger partial charge in [-0.3, -0.25) is 4.79 Å². The van der Waals surface area contributed by atoms with Crippen LogP contribution in [0, 0.1) is 19.8 Å². The number of hydrogen-bond donors (Lipinski definition) is 1. The number of ether oxygens (including phenoxy) is 3. The monoisotopic (exact) mass is 519 g/mol. The van der Waals surface area contributed by atoms with Gasteiger partial charge in [0.15, 0.2) is 11.5 Å². The Balaban J connectivity index is 1.57. The van der Waals surface area contributed by atoms with Gasteiger partial charge in [-0.1, -0.05) is 0 Å². The molecular formula is C25H33N3O7S. The topological polar surface area (TPSA) is 116 Å². The molecule has 1 saturated heterocycles. The maximum absolute atomic E-state index is 13.8. The Hall–Kier alpha value is -3.05. The lowest BCUT2D eigenvalue weighted by Crippen LogP contribution is -2.44. The molecule has 2 aliphatic rings. The van der Waals surface area contributed by atoms with Gasteiger partial charge in [0.05, 0.1) is 12.5 Å². The number of carbonyl (C=O) groups excluding carboxylic acids is 2. The second-order valence-corrected chi connectivity index (χ2v) is 10.8. The minimum absolute atomic E-state index is 0.0246. The van der Waals surface area contributed by atoms with Crippen LogP contribution >= 0.6 is 0 Å². The SMILES string of the molecule is CCOC(=O)c1c(S(=O)(=O)N2CCC[C@H](C(=O)Nc3ccc4c(c3)OCCO4)C2)c(C)n(CC)c1C. The van der Waals surface area contributed by atoms with Gasteiger partial charge in [0, 0.05) is 42.8 Å². The summed E-state index contributed by atoms with van der Waals surface area (Å²) < 4.78 is 47.1. The molecule has 1 aromatic carbocycles. The van der Waals surface area contributed by atoms with E-state index in [0.717, 1.165) is 0 Å². The van der Waals surface area contributed by atoms with Gasteiger partial charge in [0.25, 0.3) is 0 Å². The summed E-state index contributed by atoms with van der Waals surface area (Å²) in [6.45, 7) is 8.86. The summed E-state index contributed by atoms with van der Waals surface area (Å²) in [5.74, 6) is -0.284. The smallest absolute Gasteiger partial charge is 0.341 e. The lowest BCUT2D eigenvalue weighted by Gasteiger charge is -2.31. The first-order valence-corrected chi connectivity index (χ1v) is 13.7. The highest BCUT2D eigenvalue weighted by Crippen LogP contribution is 2.34. The van der Waals surface area contributed by atoms with E-state index in [-0.39, 0.29) is 36.1 Å². The van der Waals surface area contributed by atoms with E-state index in [4.69, 9.17) is 14.2 Å². The molecule has 0 bridgehead atoms. The maximum atomic E-state index is 13.8. The lowest BCUT2D eigenvalue weighted by atomic mass is 9.98. The number of piperidine rings is 1. The third-order valence-corrected chi connectivity index (χ3v) is 8.71. The first-order chi connectivity index (χ1) is 17.2. The third-order valence-electron chi connectivity index (χ3n) is 6.69. The molecule has 1 amide bonds. The quantitative estimate of drug-likeness (QED) is 0.559. The highest BCUT2D eigenvalue weighted by atomic mass is 32.2. The van der Waals surface area contributed by atoms with Crippen molar-refractivity contribution in [2.75, 3.05) is 38.2 Å². The van der Waals surface area contributed by atoms with Gasteiger partial charge >= 0.3 is 5.97 Å². The Morgan fingerprint density at radius 3 is 2.53 bits per heavy atom. The average molecular weight is 520 g/mol. The van der Waals surface area contributed by atoms with Crippen molar-refractivity contribution in [1.29, 1.82) is 0 Å². The van der Waals surface area contributed by atoms with Crippen LogP contribution in [0.1, 0.15) is 48.4 Å². The largest absolute Gasteiger partial charge is 0.486 e. The van der Waals surface area contributed by atoms with Gasteiger partial charge in [-0.25, -0.2) is 13.2 Å². The molecule has 1 atom stereocenters. The van der Waals surface area contributed by atoms with E-state index in [1.807, 2.05) is 6.92 Å². The number of hydrogen-bond acceptors (Lipinski definition) is 7. The molecule has 196 valence electrons. The minimum Gasteiger partial charge on any atom is -0.486 e. The van der Waals surface area contributed by atoms with Crippen LogP contribution in [0.3, 0.4) is 0 Å². The Morgan fingerprint density at radius 2 is 1.83 bits per heavy atom. The van der Waals surface area contributed by atoms with Crippen molar-refractivity contribution in [3.05, 3.63) is 35.2 Å². The van der Waals surface area contributed by atoms with Crippen molar-refractivity contribution in [3.63, 3.8) is 0 Å². The molecule has 2 aromatic rings. The lowest BCUT2D eigenvalue weighted by molar-refractivity contribution is -0.120. The van der Waals surface area contributed by atoms with E-state index in [0.29, 0.717) is 61.2 Å². The van der Waals surface area contributed by atoms with Gasteiger partial charge in [-0.15, -0.1) is 0 Å². The predicted octanol–water partition coefficient (Wildman–Crippen LogP) is 3.11. The molecule has 0 spiro atoms. The number of nitrogens with zero attached hydrogens (tertiary/aromatic N) is 2. The zero-order chi connectivity index (χ0) is 26.0. The van der Waals surface area contributed by atoms with Gasteiger partial charge < -0.3 is 24.1 Å². The Labute approximate surface area is 211 Å². The fourth-order valence-electron chi connectivity index (χ4n) is 4.96. The molecule has 1 fully saturated rings. The molecule has 2 aliphatic heterocycles. The van der Waals surface area contributed by atoms with Crippen molar-refractivity contribution < 1.29 is 32.2 Å². The molecule has 36 heavy (non-hydrogen) atoms. The average Bonchev–Trinajstić information content (AvgIpc) is 3.14. The number of amides is 1. The highest BCUT2D eigenvalue weighted by molar-refractivity contribution is 7.89. The van der Waals surface area contributed by atoms with Gasteiger partial charge in [0.2, 0.25) is 15.9 Å². The number of anilines is 1. The van der Waals surface area contributed by atoms with Crippen molar-refractivity contribution in [2.24, 2.45) is 5.92 Å². The number of fused-ring (bicyclic) bond motifs is 1. The van der Waals surface area contributed by atoms with Crippen molar-refractivity contribution >= 4 is 27.6 Å². The van der Waals surface area contributed by atoms with Crippen LogP contribution in [0.25, 0.3) is 0 Å². The van der Waals surface area contributed by atoms with Crippen LogP contribution < -0.4 is 14.8 Å². The fraction of sp³-hybridized carbons (Fsp3) is 0.520. The summed E-state index contributed by atoms with van der Waals surface area (Å²) in [4.78, 5) is 25.8. The van der Waals surface area contributed by atoms with Gasteiger partial charge in [0.1, 0.15) is 23.7 Å². The summed E-state index contributed by atoms with van der Waals surface area (Å²) >= 11 is 0. The number of carbonyl (C=O) groups is 2. The molecule has 0 unspecified atom stereocenters. The van der Waals surface area contributed by atoms with Crippen molar-refractivity contribution in [3.8, 4) is 11.5 Å². The van der Waals surface area contributed by atoms with Crippen LogP contribution in [0.15, 0.2) is 23.1 Å². The van der Waals surface area contributed by atoms with Crippen molar-refractivity contribution in [1.82, 2.24) is 8.87 Å². The summed E-state index contributed by atoms with van der Waals surface area (Å²) in [5.41, 5.74) is 1.66. The van der Waals surface area contributed by atoms with Crippen LogP contribution in [0.2, 0.25) is 0 Å². The second kappa shape index (κ2) is 10.5. The molecule has 3 heterocycles. The maximum Gasteiger partial charge on any atom is 0.341 e. The Bertz CT molecular complexity index is 1270. The van der Waals surface area contributed by atoms with E-state index >= 15 is 0 Å². The number of aromatic nitrogens is 1. The summed E-state index contributed by atoms with van der Waals surface area (Å²) in [7, 11) is -4.05. The van der Waals surface area contributed by atoms with E-state index in [1.54, 1.807) is 43.5 Å². The number of nitrogens with one attached hydrogen (secondary N) is 1. The van der Waals surface area contributed by atoms with E-state index < -0.39 is 21.9 Å². The number of rotatable bonds is 7. The highest BCUT2D eigenvalue weighted by Gasteiger charge is 2.39. The number of esters is 1. The van der Waals surface area contributed by atoms with Gasteiger partial charge in [-0.05, 0) is 52.7 Å². The molecule has 1 N–H and O–H groups in total. The number of benzene rings is 1. The first-order valence-electron chi connectivity index (χ1n) is 12.3. The first kappa shape index (κ1) is 26.0. The van der Waals surface area contributed by atoms with Crippen LogP contribution in [0.4, 0.5) is 5.69 Å². The zero-order valence-electron chi connectivity index (χ0n) is 21.1. The number of sulfonamides is 1. The normalized spacial score (nSPS) is 18.1. The fourth-order valence-corrected chi connectivity index (χ4v) is 6.93. The Morgan fingerprint density at radius 1 is 1.11 bits per heavy atom. The Kier molecular flexibility index (Phi) is 7.60. The summed E-state index contributed by atoms with van der Waals surface area (Å²) in [5, 5.41) is 2.88. The third kappa shape index (κ3) is 4.81. The molecule has 0 aliphatic carbocycles. The van der Waals surface area contributed by atoms with E-state index in [2.05, 4.69) is 5.32 Å². The molecule has 11 heteroatoms. The predicted molar refractivity (Wildman–Crippen MR) is 133 cm³/mol. The van der Waals surface area contributed by atoms with Crippen LogP contribution in [0.5, 0.6) is 11.5 Å².